The summed E-state index contributed by atoms with van der Waals surface area (Å²) < 4.78 is 5.82. The standard InChI is InChI=1S/C25H37N3O3/c1-25(2,3)27(4)22(29)21-15-18-12-8-9-13-19(18)16-28(21)23-20(26-24(30)31-23)14-17-10-6-5-7-11-17/h5-7,10-11,18-21,23H,8-9,12-16H2,1-4H3,(H,26,30)/t18?,19-,20+,21+,23-/m1/s1. The molecule has 1 unspecified atom stereocenters. The quantitative estimate of drug-likeness (QED) is 0.794. The van der Waals surface area contributed by atoms with E-state index in [1.54, 1.807) is 0 Å². The Morgan fingerprint density at radius 2 is 1.84 bits per heavy atom. The van der Waals surface area contributed by atoms with E-state index in [2.05, 4.69) is 43.1 Å². The molecule has 4 rings (SSSR count). The lowest BCUT2D eigenvalue weighted by atomic mass is 9.72. The summed E-state index contributed by atoms with van der Waals surface area (Å²) in [4.78, 5) is 30.0. The number of rotatable bonds is 4. The zero-order valence-electron chi connectivity index (χ0n) is 19.3. The maximum absolute atomic E-state index is 13.7. The Labute approximate surface area is 186 Å². The summed E-state index contributed by atoms with van der Waals surface area (Å²) in [7, 11) is 1.90. The van der Waals surface area contributed by atoms with Crippen molar-refractivity contribution in [3.8, 4) is 0 Å². The molecule has 1 saturated carbocycles. The van der Waals surface area contributed by atoms with E-state index in [4.69, 9.17) is 4.74 Å². The zero-order chi connectivity index (χ0) is 22.2. The molecule has 1 aromatic carbocycles. The number of carbonyl (C=O) groups is 2. The van der Waals surface area contributed by atoms with E-state index in [0.717, 1.165) is 18.5 Å². The third-order valence-electron chi connectivity index (χ3n) is 7.56. The number of piperidine rings is 1. The fourth-order valence-corrected chi connectivity index (χ4v) is 5.50. The summed E-state index contributed by atoms with van der Waals surface area (Å²) >= 11 is 0. The first kappa shape index (κ1) is 22.1. The molecule has 0 aromatic heterocycles. The molecule has 6 heteroatoms. The summed E-state index contributed by atoms with van der Waals surface area (Å²) in [5.41, 5.74) is 0.908. The molecular weight excluding hydrogens is 390 g/mol. The molecule has 6 nitrogen and oxygen atoms in total. The van der Waals surface area contributed by atoms with Gasteiger partial charge in [-0.1, -0.05) is 49.6 Å². The van der Waals surface area contributed by atoms with E-state index in [1.807, 2.05) is 30.1 Å². The first-order valence-corrected chi connectivity index (χ1v) is 11.8. The Kier molecular flexibility index (Phi) is 6.29. The average molecular weight is 428 g/mol. The third kappa shape index (κ3) is 4.74. The molecule has 5 atom stereocenters. The van der Waals surface area contributed by atoms with Crippen molar-refractivity contribution in [1.29, 1.82) is 0 Å². The van der Waals surface area contributed by atoms with Gasteiger partial charge in [0.05, 0.1) is 12.1 Å². The molecule has 0 spiro atoms. The molecule has 1 aromatic rings. The highest BCUT2D eigenvalue weighted by molar-refractivity contribution is 5.82. The number of benzene rings is 1. The predicted molar refractivity (Wildman–Crippen MR) is 120 cm³/mol. The minimum Gasteiger partial charge on any atom is -0.428 e. The normalized spacial score (nSPS) is 31.5. The lowest BCUT2D eigenvalue weighted by Gasteiger charge is -2.49. The SMILES string of the molecule is CN(C(=O)[C@@H]1CC2CCCC[C@@H]2CN1[C@@H]1OC(=O)N[C@H]1Cc1ccccc1)C(C)(C)C. The lowest BCUT2D eigenvalue weighted by Crippen LogP contribution is -2.62. The number of likely N-dealkylation sites (N-methyl/N-ethyl adjacent to an activating group) is 1. The summed E-state index contributed by atoms with van der Waals surface area (Å²) in [5.74, 6) is 1.30. The van der Waals surface area contributed by atoms with Crippen molar-refractivity contribution in [2.45, 2.75) is 83.1 Å². The van der Waals surface area contributed by atoms with E-state index < -0.39 is 6.23 Å². The van der Waals surface area contributed by atoms with Crippen molar-refractivity contribution in [3.63, 3.8) is 0 Å². The molecule has 3 fully saturated rings. The van der Waals surface area contributed by atoms with Gasteiger partial charge in [0.2, 0.25) is 5.91 Å². The molecule has 2 amide bonds. The number of hydrogen-bond donors (Lipinski definition) is 1. The number of hydrogen-bond acceptors (Lipinski definition) is 4. The Balaban J connectivity index is 1.61. The van der Waals surface area contributed by atoms with Crippen LogP contribution in [-0.4, -0.2) is 59.2 Å². The lowest BCUT2D eigenvalue weighted by molar-refractivity contribution is -0.151. The average Bonchev–Trinajstić information content (AvgIpc) is 3.11. The van der Waals surface area contributed by atoms with E-state index in [0.29, 0.717) is 18.3 Å². The number of likely N-dealkylation sites (tertiary alicyclic amines) is 1. The second kappa shape index (κ2) is 8.81. The van der Waals surface area contributed by atoms with Gasteiger partial charge in [-0.2, -0.15) is 0 Å². The van der Waals surface area contributed by atoms with Crippen LogP contribution in [-0.2, 0) is 16.0 Å². The van der Waals surface area contributed by atoms with Gasteiger partial charge in [-0.15, -0.1) is 0 Å². The maximum Gasteiger partial charge on any atom is 0.409 e. The highest BCUT2D eigenvalue weighted by Gasteiger charge is 2.49. The number of alkyl carbamates (subject to hydrolysis) is 1. The summed E-state index contributed by atoms with van der Waals surface area (Å²) in [6, 6.07) is 9.76. The molecule has 2 aliphatic heterocycles. The second-order valence-corrected chi connectivity index (χ2v) is 10.6. The number of cyclic esters (lactones) is 1. The number of nitrogens with one attached hydrogen (secondary N) is 1. The number of carbonyl (C=O) groups excluding carboxylic acids is 2. The van der Waals surface area contributed by atoms with Crippen LogP contribution in [0.4, 0.5) is 4.79 Å². The van der Waals surface area contributed by atoms with Crippen LogP contribution in [0.2, 0.25) is 0 Å². The molecule has 31 heavy (non-hydrogen) atoms. The summed E-state index contributed by atoms with van der Waals surface area (Å²) in [5, 5.41) is 3.01. The molecule has 1 aliphatic carbocycles. The van der Waals surface area contributed by atoms with Crippen molar-refractivity contribution in [2.24, 2.45) is 11.8 Å². The summed E-state index contributed by atoms with van der Waals surface area (Å²) in [6.45, 7) is 7.02. The van der Waals surface area contributed by atoms with Gasteiger partial charge in [0.1, 0.15) is 0 Å². The molecule has 2 saturated heterocycles. The molecule has 3 aliphatic rings. The molecule has 1 N–H and O–H groups in total. The van der Waals surface area contributed by atoms with Crippen LogP contribution in [0.25, 0.3) is 0 Å². The fraction of sp³-hybridized carbons (Fsp3) is 0.680. The van der Waals surface area contributed by atoms with Crippen molar-refractivity contribution >= 4 is 12.0 Å². The monoisotopic (exact) mass is 427 g/mol. The minimum atomic E-state index is -0.419. The number of fused-ring (bicyclic) bond motifs is 1. The first-order valence-electron chi connectivity index (χ1n) is 11.8. The number of amides is 2. The van der Waals surface area contributed by atoms with Crippen molar-refractivity contribution < 1.29 is 14.3 Å². The van der Waals surface area contributed by atoms with Gasteiger partial charge in [0.25, 0.3) is 0 Å². The van der Waals surface area contributed by atoms with Crippen LogP contribution in [0, 0.1) is 11.8 Å². The van der Waals surface area contributed by atoms with Crippen LogP contribution in [0.3, 0.4) is 0 Å². The van der Waals surface area contributed by atoms with Crippen LogP contribution in [0.5, 0.6) is 0 Å². The largest absolute Gasteiger partial charge is 0.428 e. The van der Waals surface area contributed by atoms with Gasteiger partial charge in [-0.25, -0.2) is 4.79 Å². The number of ether oxygens (including phenoxy) is 1. The minimum absolute atomic E-state index is 0.137. The Hall–Kier alpha value is -2.08. The van der Waals surface area contributed by atoms with Gasteiger partial charge >= 0.3 is 6.09 Å². The van der Waals surface area contributed by atoms with E-state index in [-0.39, 0.29) is 29.6 Å². The van der Waals surface area contributed by atoms with Gasteiger partial charge < -0.3 is 15.0 Å². The van der Waals surface area contributed by atoms with E-state index in [9.17, 15) is 9.59 Å². The maximum atomic E-state index is 13.7. The fourth-order valence-electron chi connectivity index (χ4n) is 5.50. The Morgan fingerprint density at radius 3 is 2.52 bits per heavy atom. The smallest absolute Gasteiger partial charge is 0.409 e. The van der Waals surface area contributed by atoms with Gasteiger partial charge in [-0.05, 0) is 57.4 Å². The van der Waals surface area contributed by atoms with Crippen molar-refractivity contribution in [2.75, 3.05) is 13.6 Å². The van der Waals surface area contributed by atoms with Crippen LogP contribution >= 0.6 is 0 Å². The van der Waals surface area contributed by atoms with Crippen molar-refractivity contribution in [3.05, 3.63) is 35.9 Å². The molecule has 2 heterocycles. The highest BCUT2D eigenvalue weighted by atomic mass is 16.6. The zero-order valence-corrected chi connectivity index (χ0v) is 19.3. The highest BCUT2D eigenvalue weighted by Crippen LogP contribution is 2.41. The van der Waals surface area contributed by atoms with Crippen LogP contribution in [0.15, 0.2) is 30.3 Å². The van der Waals surface area contributed by atoms with Crippen molar-refractivity contribution in [1.82, 2.24) is 15.1 Å². The Bertz CT molecular complexity index is 791. The second-order valence-electron chi connectivity index (χ2n) is 10.6. The molecule has 0 bridgehead atoms. The first-order chi connectivity index (χ1) is 14.7. The topological polar surface area (TPSA) is 61.9 Å². The molecule has 0 radical (unpaired) electrons. The molecule has 170 valence electrons. The van der Waals surface area contributed by atoms with Gasteiger partial charge in [0, 0.05) is 19.1 Å². The van der Waals surface area contributed by atoms with E-state index in [1.165, 1.54) is 25.7 Å². The predicted octanol–water partition coefficient (Wildman–Crippen LogP) is 3.80. The third-order valence-corrected chi connectivity index (χ3v) is 7.56. The molecular formula is C25H37N3O3. The number of nitrogens with zero attached hydrogens (tertiary/aromatic N) is 2. The van der Waals surface area contributed by atoms with Crippen LogP contribution in [0.1, 0.15) is 58.4 Å². The van der Waals surface area contributed by atoms with E-state index >= 15 is 0 Å². The Morgan fingerprint density at radius 1 is 1.16 bits per heavy atom. The summed E-state index contributed by atoms with van der Waals surface area (Å²) in [6.07, 6.45) is 5.67. The van der Waals surface area contributed by atoms with Gasteiger partial charge in [-0.3, -0.25) is 9.69 Å². The van der Waals surface area contributed by atoms with Gasteiger partial charge in [0.15, 0.2) is 6.23 Å². The van der Waals surface area contributed by atoms with Crippen LogP contribution < -0.4 is 5.32 Å².